The van der Waals surface area contributed by atoms with Crippen LogP contribution >= 0.6 is 0 Å². The molecule has 0 unspecified atom stereocenters. The number of hydrogen-bond acceptors (Lipinski definition) is 5. The zero-order chi connectivity index (χ0) is 15.9. The summed E-state index contributed by atoms with van der Waals surface area (Å²) in [5.41, 5.74) is 7.71. The van der Waals surface area contributed by atoms with Crippen molar-refractivity contribution in [1.29, 1.82) is 0 Å². The monoisotopic (exact) mass is 301 g/mol. The number of para-hydroxylation sites is 1. The lowest BCUT2D eigenvalue weighted by Gasteiger charge is -2.11. The number of benzene rings is 1. The Morgan fingerprint density at radius 3 is 2.55 bits per heavy atom. The zero-order valence-corrected chi connectivity index (χ0v) is 12.8. The zero-order valence-electron chi connectivity index (χ0n) is 12.8. The minimum absolute atomic E-state index is 0.352. The van der Waals surface area contributed by atoms with E-state index in [0.29, 0.717) is 12.5 Å². The van der Waals surface area contributed by atoms with Gasteiger partial charge in [0.2, 0.25) is 5.95 Å². The molecular formula is C15H19N5O2. The number of aryl methyl sites for hydroxylation is 2. The molecule has 0 atom stereocenters. The smallest absolute Gasteiger partial charge is 0.333 e. The van der Waals surface area contributed by atoms with Crippen molar-refractivity contribution in [2.45, 2.75) is 20.4 Å². The number of urea groups is 1. The molecule has 1 aromatic carbocycles. The number of nitrogens with one attached hydrogen (secondary N) is 3. The van der Waals surface area contributed by atoms with Gasteiger partial charge in [0.05, 0.1) is 7.11 Å². The molecule has 0 fully saturated rings. The Kier molecular flexibility index (Phi) is 5.13. The molecule has 116 valence electrons. The third-order valence-electron chi connectivity index (χ3n) is 2.90. The number of methoxy groups -OCH3 is 1. The molecule has 0 aliphatic heterocycles. The number of hydrazine groups is 1. The maximum atomic E-state index is 11.8. The fourth-order valence-corrected chi connectivity index (χ4v) is 1.96. The van der Waals surface area contributed by atoms with E-state index in [2.05, 4.69) is 26.1 Å². The van der Waals surface area contributed by atoms with Gasteiger partial charge in [-0.3, -0.25) is 5.43 Å². The number of hydrogen-bond donors (Lipinski definition) is 3. The molecule has 0 saturated heterocycles. The van der Waals surface area contributed by atoms with E-state index in [-0.39, 0.29) is 6.03 Å². The van der Waals surface area contributed by atoms with Crippen LogP contribution in [0.25, 0.3) is 0 Å². The van der Waals surface area contributed by atoms with Gasteiger partial charge in [-0.25, -0.2) is 20.2 Å². The molecule has 0 aliphatic carbocycles. The Balaban J connectivity index is 1.85. The highest BCUT2D eigenvalue weighted by Crippen LogP contribution is 2.16. The molecule has 22 heavy (non-hydrogen) atoms. The molecule has 2 amide bonds. The highest BCUT2D eigenvalue weighted by atomic mass is 16.5. The number of anilines is 1. The van der Waals surface area contributed by atoms with Crippen LogP contribution in [0.4, 0.5) is 10.7 Å². The Morgan fingerprint density at radius 1 is 1.18 bits per heavy atom. The quantitative estimate of drug-likeness (QED) is 0.734. The number of rotatable bonds is 5. The second kappa shape index (κ2) is 7.26. The minimum Gasteiger partial charge on any atom is -0.496 e. The highest BCUT2D eigenvalue weighted by Gasteiger charge is 2.05. The van der Waals surface area contributed by atoms with Crippen LogP contribution in [0, 0.1) is 13.8 Å². The average Bonchev–Trinajstić information content (AvgIpc) is 2.50. The predicted molar refractivity (Wildman–Crippen MR) is 83.5 cm³/mol. The molecule has 1 heterocycles. The van der Waals surface area contributed by atoms with E-state index in [1.807, 2.05) is 44.2 Å². The fraction of sp³-hybridized carbons (Fsp3) is 0.267. The largest absolute Gasteiger partial charge is 0.496 e. The second-order valence-electron chi connectivity index (χ2n) is 4.72. The molecule has 3 N–H and O–H groups in total. The minimum atomic E-state index is -0.381. The van der Waals surface area contributed by atoms with E-state index in [1.165, 1.54) is 0 Å². The van der Waals surface area contributed by atoms with E-state index < -0.39 is 0 Å². The Bertz CT molecular complexity index is 640. The van der Waals surface area contributed by atoms with Crippen LogP contribution in [0.15, 0.2) is 30.3 Å². The molecule has 2 aromatic rings. The van der Waals surface area contributed by atoms with Gasteiger partial charge in [0.25, 0.3) is 0 Å². The summed E-state index contributed by atoms with van der Waals surface area (Å²) in [6.07, 6.45) is 0. The van der Waals surface area contributed by atoms with Crippen molar-refractivity contribution in [3.63, 3.8) is 0 Å². The summed E-state index contributed by atoms with van der Waals surface area (Å²) in [5.74, 6) is 1.08. The van der Waals surface area contributed by atoms with Crippen molar-refractivity contribution in [3.8, 4) is 5.75 Å². The van der Waals surface area contributed by atoms with Gasteiger partial charge in [-0.05, 0) is 26.0 Å². The van der Waals surface area contributed by atoms with E-state index >= 15 is 0 Å². The molecule has 0 aliphatic rings. The van der Waals surface area contributed by atoms with E-state index in [4.69, 9.17) is 4.74 Å². The van der Waals surface area contributed by atoms with E-state index in [1.54, 1.807) is 7.11 Å². The molecule has 7 heteroatoms. The van der Waals surface area contributed by atoms with Crippen LogP contribution in [0.2, 0.25) is 0 Å². The Hall–Kier alpha value is -2.83. The van der Waals surface area contributed by atoms with Crippen molar-refractivity contribution in [3.05, 3.63) is 47.3 Å². The third-order valence-corrected chi connectivity index (χ3v) is 2.90. The number of amides is 2. The number of aromatic nitrogens is 2. The van der Waals surface area contributed by atoms with Crippen molar-refractivity contribution in [1.82, 2.24) is 20.7 Å². The number of ether oxygens (including phenoxy) is 1. The summed E-state index contributed by atoms with van der Waals surface area (Å²) < 4.78 is 5.23. The average molecular weight is 301 g/mol. The topological polar surface area (TPSA) is 88.2 Å². The van der Waals surface area contributed by atoms with Crippen LogP contribution in [0.1, 0.15) is 17.0 Å². The first-order valence-corrected chi connectivity index (χ1v) is 6.82. The first kappa shape index (κ1) is 15.6. The summed E-state index contributed by atoms with van der Waals surface area (Å²) in [4.78, 5) is 20.1. The molecule has 2 rings (SSSR count). The van der Waals surface area contributed by atoms with Crippen molar-refractivity contribution in [2.75, 3.05) is 12.5 Å². The summed E-state index contributed by atoms with van der Waals surface area (Å²) in [6.45, 7) is 4.08. The second-order valence-corrected chi connectivity index (χ2v) is 4.72. The van der Waals surface area contributed by atoms with Crippen LogP contribution in [-0.4, -0.2) is 23.1 Å². The van der Waals surface area contributed by atoms with Crippen LogP contribution < -0.4 is 20.9 Å². The number of carbonyl (C=O) groups excluding carboxylic acids is 1. The van der Waals surface area contributed by atoms with Crippen molar-refractivity contribution >= 4 is 12.0 Å². The summed E-state index contributed by atoms with van der Waals surface area (Å²) in [7, 11) is 1.60. The lowest BCUT2D eigenvalue weighted by atomic mass is 10.2. The SMILES string of the molecule is COc1ccccc1CNC(=O)NNc1nc(C)cc(C)n1. The van der Waals surface area contributed by atoms with Crippen LogP contribution in [0.5, 0.6) is 5.75 Å². The third kappa shape index (κ3) is 4.34. The first-order chi connectivity index (χ1) is 10.6. The lowest BCUT2D eigenvalue weighted by Crippen LogP contribution is -2.39. The summed E-state index contributed by atoms with van der Waals surface area (Å²) in [6, 6.07) is 8.97. The van der Waals surface area contributed by atoms with Gasteiger partial charge in [0.1, 0.15) is 5.75 Å². The lowest BCUT2D eigenvalue weighted by molar-refractivity contribution is 0.242. The molecule has 0 radical (unpaired) electrons. The standard InChI is InChI=1S/C15H19N5O2/c1-10-8-11(2)18-14(17-10)19-20-15(21)16-9-12-6-4-5-7-13(12)22-3/h4-8H,9H2,1-3H3,(H2,16,20,21)(H,17,18,19). The van der Waals surface area contributed by atoms with Crippen molar-refractivity contribution in [2.24, 2.45) is 0 Å². The van der Waals surface area contributed by atoms with E-state index in [9.17, 15) is 4.79 Å². The summed E-state index contributed by atoms with van der Waals surface area (Å²) in [5, 5.41) is 2.73. The molecule has 0 bridgehead atoms. The van der Waals surface area contributed by atoms with Crippen LogP contribution in [-0.2, 0) is 6.54 Å². The Morgan fingerprint density at radius 2 is 1.86 bits per heavy atom. The van der Waals surface area contributed by atoms with Gasteiger partial charge >= 0.3 is 6.03 Å². The summed E-state index contributed by atoms with van der Waals surface area (Å²) >= 11 is 0. The Labute approximate surface area is 129 Å². The molecule has 1 aromatic heterocycles. The number of carbonyl (C=O) groups is 1. The van der Waals surface area contributed by atoms with Gasteiger partial charge in [-0.15, -0.1) is 0 Å². The van der Waals surface area contributed by atoms with Gasteiger partial charge in [-0.2, -0.15) is 0 Å². The predicted octanol–water partition coefficient (Wildman–Crippen LogP) is 1.93. The highest BCUT2D eigenvalue weighted by molar-refractivity contribution is 5.75. The van der Waals surface area contributed by atoms with Crippen LogP contribution in [0.3, 0.4) is 0 Å². The van der Waals surface area contributed by atoms with Gasteiger partial charge in [-0.1, -0.05) is 18.2 Å². The normalized spacial score (nSPS) is 9.95. The van der Waals surface area contributed by atoms with Gasteiger partial charge < -0.3 is 10.1 Å². The molecule has 0 saturated carbocycles. The molecule has 0 spiro atoms. The van der Waals surface area contributed by atoms with Crippen molar-refractivity contribution < 1.29 is 9.53 Å². The maximum Gasteiger partial charge on any atom is 0.333 e. The molecule has 7 nitrogen and oxygen atoms in total. The molecular weight excluding hydrogens is 282 g/mol. The number of nitrogens with zero attached hydrogens (tertiary/aromatic N) is 2. The first-order valence-electron chi connectivity index (χ1n) is 6.82. The maximum absolute atomic E-state index is 11.8. The van der Waals surface area contributed by atoms with E-state index in [0.717, 1.165) is 22.7 Å². The fourth-order valence-electron chi connectivity index (χ4n) is 1.96. The van der Waals surface area contributed by atoms with Gasteiger partial charge in [0.15, 0.2) is 0 Å². The van der Waals surface area contributed by atoms with Gasteiger partial charge in [0, 0.05) is 23.5 Å².